The zero-order valence-electron chi connectivity index (χ0n) is 10.2. The Labute approximate surface area is 98.5 Å². The summed E-state index contributed by atoms with van der Waals surface area (Å²) >= 11 is 0. The second-order valence-electron chi connectivity index (χ2n) is 5.24. The average Bonchev–Trinajstić information content (AvgIpc) is 2.90. The molecule has 1 amide bonds. The maximum atomic E-state index is 11.9. The van der Waals surface area contributed by atoms with Gasteiger partial charge in [-0.1, -0.05) is 38.3 Å². The zero-order valence-corrected chi connectivity index (χ0v) is 10.2. The van der Waals surface area contributed by atoms with Gasteiger partial charge >= 0.3 is 0 Å². The number of unbranched alkanes of at least 4 members (excludes halogenated alkanes) is 3. The van der Waals surface area contributed by atoms with E-state index in [4.69, 9.17) is 0 Å². The van der Waals surface area contributed by atoms with Crippen LogP contribution in [0.25, 0.3) is 0 Å². The van der Waals surface area contributed by atoms with Gasteiger partial charge in [-0.05, 0) is 31.1 Å². The number of carbonyl (C=O) groups is 1. The predicted molar refractivity (Wildman–Crippen MR) is 66.0 cm³/mol. The van der Waals surface area contributed by atoms with Crippen LogP contribution in [0.3, 0.4) is 0 Å². The van der Waals surface area contributed by atoms with Crippen LogP contribution >= 0.6 is 0 Å². The Balaban J connectivity index is 1.63. The highest BCUT2D eigenvalue weighted by molar-refractivity contribution is 5.79. The quantitative estimate of drug-likeness (QED) is 0.542. The fraction of sp³-hybridized carbons (Fsp3) is 0.786. The smallest absolute Gasteiger partial charge is 0.223 e. The van der Waals surface area contributed by atoms with Crippen LogP contribution in [-0.4, -0.2) is 12.5 Å². The summed E-state index contributed by atoms with van der Waals surface area (Å²) in [7, 11) is 0. The van der Waals surface area contributed by atoms with Crippen molar-refractivity contribution in [2.75, 3.05) is 6.54 Å². The maximum absolute atomic E-state index is 11.9. The summed E-state index contributed by atoms with van der Waals surface area (Å²) in [5.41, 5.74) is 0. The molecule has 0 radical (unpaired) electrons. The standard InChI is InChI=1S/C14H23NO/c1-2-3-4-5-8-15-14(16)13-10-11-6-7-12(13)9-11/h6-7,11-13H,2-5,8-10H2,1H3,(H,15,16). The third-order valence-electron chi connectivity index (χ3n) is 3.95. The minimum absolute atomic E-state index is 0.279. The Kier molecular flexibility index (Phi) is 4.03. The Morgan fingerprint density at radius 1 is 1.25 bits per heavy atom. The largest absolute Gasteiger partial charge is 0.356 e. The molecule has 0 aliphatic heterocycles. The van der Waals surface area contributed by atoms with Gasteiger partial charge in [0.15, 0.2) is 0 Å². The van der Waals surface area contributed by atoms with Crippen LogP contribution in [0.2, 0.25) is 0 Å². The van der Waals surface area contributed by atoms with Crippen molar-refractivity contribution in [1.82, 2.24) is 5.32 Å². The molecule has 16 heavy (non-hydrogen) atoms. The van der Waals surface area contributed by atoms with Crippen molar-refractivity contribution in [3.63, 3.8) is 0 Å². The van der Waals surface area contributed by atoms with Gasteiger partial charge in [-0.15, -0.1) is 0 Å². The van der Waals surface area contributed by atoms with E-state index in [1.54, 1.807) is 0 Å². The van der Waals surface area contributed by atoms with Crippen molar-refractivity contribution in [3.05, 3.63) is 12.2 Å². The SMILES string of the molecule is CCCCCCNC(=O)C1CC2C=CC1C2. The Morgan fingerprint density at radius 3 is 2.75 bits per heavy atom. The van der Waals surface area contributed by atoms with Crippen LogP contribution < -0.4 is 5.32 Å². The van der Waals surface area contributed by atoms with Gasteiger partial charge in [0.05, 0.1) is 0 Å². The second kappa shape index (κ2) is 5.51. The Bertz CT molecular complexity index is 272. The summed E-state index contributed by atoms with van der Waals surface area (Å²) in [6, 6.07) is 0. The number of hydrogen-bond donors (Lipinski definition) is 1. The van der Waals surface area contributed by atoms with Gasteiger partial charge in [0.1, 0.15) is 0 Å². The molecular formula is C14H23NO. The molecule has 2 bridgehead atoms. The monoisotopic (exact) mass is 221 g/mol. The van der Waals surface area contributed by atoms with Gasteiger partial charge in [0, 0.05) is 12.5 Å². The minimum atomic E-state index is 0.279. The minimum Gasteiger partial charge on any atom is -0.356 e. The van der Waals surface area contributed by atoms with Crippen molar-refractivity contribution in [1.29, 1.82) is 0 Å². The van der Waals surface area contributed by atoms with Gasteiger partial charge < -0.3 is 5.32 Å². The van der Waals surface area contributed by atoms with Gasteiger partial charge in [-0.3, -0.25) is 4.79 Å². The molecule has 2 nitrogen and oxygen atoms in total. The van der Waals surface area contributed by atoms with E-state index in [2.05, 4.69) is 24.4 Å². The summed E-state index contributed by atoms with van der Waals surface area (Å²) in [5.74, 6) is 1.82. The van der Waals surface area contributed by atoms with E-state index in [0.29, 0.717) is 17.7 Å². The molecule has 1 saturated carbocycles. The van der Waals surface area contributed by atoms with Crippen LogP contribution in [-0.2, 0) is 4.79 Å². The van der Waals surface area contributed by atoms with Crippen LogP contribution in [0.5, 0.6) is 0 Å². The summed E-state index contributed by atoms with van der Waals surface area (Å²) < 4.78 is 0. The third kappa shape index (κ3) is 2.66. The number of amides is 1. The number of rotatable bonds is 6. The first kappa shape index (κ1) is 11.7. The van der Waals surface area contributed by atoms with Gasteiger partial charge in [-0.2, -0.15) is 0 Å². The molecule has 0 spiro atoms. The van der Waals surface area contributed by atoms with Gasteiger partial charge in [-0.25, -0.2) is 0 Å². The topological polar surface area (TPSA) is 29.1 Å². The van der Waals surface area contributed by atoms with Crippen LogP contribution in [0.15, 0.2) is 12.2 Å². The lowest BCUT2D eigenvalue weighted by Crippen LogP contribution is -2.33. The fourth-order valence-electron chi connectivity index (χ4n) is 2.98. The third-order valence-corrected chi connectivity index (χ3v) is 3.95. The van der Waals surface area contributed by atoms with Crippen molar-refractivity contribution in [2.45, 2.75) is 45.4 Å². The molecule has 2 aliphatic rings. The van der Waals surface area contributed by atoms with Gasteiger partial charge in [0.2, 0.25) is 5.91 Å². The second-order valence-corrected chi connectivity index (χ2v) is 5.24. The zero-order chi connectivity index (χ0) is 11.4. The summed E-state index contributed by atoms with van der Waals surface area (Å²) in [5, 5.41) is 3.10. The Hall–Kier alpha value is -0.790. The lowest BCUT2D eigenvalue weighted by molar-refractivity contribution is -0.125. The molecule has 2 aliphatic carbocycles. The number of allylic oxidation sites excluding steroid dienone is 2. The summed E-state index contributed by atoms with van der Waals surface area (Å²) in [4.78, 5) is 11.9. The molecule has 0 aromatic rings. The molecular weight excluding hydrogens is 198 g/mol. The summed E-state index contributed by atoms with van der Waals surface area (Å²) in [6.07, 6.45) is 11.8. The van der Waals surface area contributed by atoms with Crippen molar-refractivity contribution < 1.29 is 4.79 Å². The molecule has 0 heterocycles. The number of hydrogen-bond acceptors (Lipinski definition) is 1. The normalized spacial score (nSPS) is 30.9. The van der Waals surface area contributed by atoms with Crippen molar-refractivity contribution in [3.8, 4) is 0 Å². The average molecular weight is 221 g/mol. The molecule has 0 aromatic carbocycles. The molecule has 1 fully saturated rings. The highest BCUT2D eigenvalue weighted by Gasteiger charge is 2.39. The first-order valence-corrected chi connectivity index (χ1v) is 6.77. The van der Waals surface area contributed by atoms with E-state index in [9.17, 15) is 4.79 Å². The molecule has 0 saturated heterocycles. The molecule has 2 heteroatoms. The first-order valence-electron chi connectivity index (χ1n) is 6.77. The lowest BCUT2D eigenvalue weighted by Gasteiger charge is -2.17. The van der Waals surface area contributed by atoms with Crippen molar-refractivity contribution >= 4 is 5.91 Å². The number of nitrogens with one attached hydrogen (secondary N) is 1. The van der Waals surface area contributed by atoms with Gasteiger partial charge in [0.25, 0.3) is 0 Å². The molecule has 3 unspecified atom stereocenters. The van der Waals surface area contributed by atoms with E-state index in [1.165, 1.54) is 25.7 Å². The van der Waals surface area contributed by atoms with Crippen LogP contribution in [0.1, 0.15) is 45.4 Å². The first-order chi connectivity index (χ1) is 7.81. The van der Waals surface area contributed by atoms with E-state index in [0.717, 1.165) is 19.4 Å². The van der Waals surface area contributed by atoms with Crippen LogP contribution in [0.4, 0.5) is 0 Å². The molecule has 0 aromatic heterocycles. The molecule has 3 atom stereocenters. The summed E-state index contributed by atoms with van der Waals surface area (Å²) in [6.45, 7) is 3.08. The predicted octanol–water partition coefficient (Wildman–Crippen LogP) is 2.90. The molecule has 2 rings (SSSR count). The molecule has 90 valence electrons. The van der Waals surface area contributed by atoms with E-state index in [-0.39, 0.29) is 5.92 Å². The van der Waals surface area contributed by atoms with E-state index >= 15 is 0 Å². The van der Waals surface area contributed by atoms with E-state index in [1.807, 2.05) is 0 Å². The lowest BCUT2D eigenvalue weighted by atomic mass is 9.93. The highest BCUT2D eigenvalue weighted by atomic mass is 16.1. The van der Waals surface area contributed by atoms with Crippen molar-refractivity contribution in [2.24, 2.45) is 17.8 Å². The van der Waals surface area contributed by atoms with E-state index < -0.39 is 0 Å². The molecule has 1 N–H and O–H groups in total. The number of fused-ring (bicyclic) bond motifs is 2. The Morgan fingerprint density at radius 2 is 2.12 bits per heavy atom. The van der Waals surface area contributed by atoms with Crippen LogP contribution in [0, 0.1) is 17.8 Å². The maximum Gasteiger partial charge on any atom is 0.223 e. The highest BCUT2D eigenvalue weighted by Crippen LogP contribution is 2.43. The fourth-order valence-corrected chi connectivity index (χ4v) is 2.98. The number of carbonyl (C=O) groups excluding carboxylic acids is 1.